The first-order valence-electron chi connectivity index (χ1n) is 7.03. The molecule has 21 heavy (non-hydrogen) atoms. The molecule has 0 radical (unpaired) electrons. The SMILES string of the molecule is O=C(c1cccc(F)c1)N1CC=C(c2ccccc2)CC1. The van der Waals surface area contributed by atoms with Crippen molar-refractivity contribution in [2.45, 2.75) is 6.42 Å². The van der Waals surface area contributed by atoms with E-state index in [0.717, 1.165) is 6.42 Å². The maximum Gasteiger partial charge on any atom is 0.254 e. The van der Waals surface area contributed by atoms with Gasteiger partial charge >= 0.3 is 0 Å². The second-order valence-corrected chi connectivity index (χ2v) is 5.11. The van der Waals surface area contributed by atoms with Crippen LogP contribution in [-0.2, 0) is 0 Å². The topological polar surface area (TPSA) is 20.3 Å². The van der Waals surface area contributed by atoms with Crippen LogP contribution in [0.15, 0.2) is 60.7 Å². The van der Waals surface area contributed by atoms with Gasteiger partial charge in [-0.2, -0.15) is 0 Å². The van der Waals surface area contributed by atoms with Crippen molar-refractivity contribution in [1.29, 1.82) is 0 Å². The molecule has 3 rings (SSSR count). The average Bonchev–Trinajstić information content (AvgIpc) is 2.55. The fourth-order valence-corrected chi connectivity index (χ4v) is 2.57. The van der Waals surface area contributed by atoms with Gasteiger partial charge in [-0.1, -0.05) is 42.5 Å². The Hall–Kier alpha value is -2.42. The summed E-state index contributed by atoms with van der Waals surface area (Å²) in [4.78, 5) is 14.1. The van der Waals surface area contributed by atoms with E-state index >= 15 is 0 Å². The molecule has 1 heterocycles. The van der Waals surface area contributed by atoms with E-state index in [0.29, 0.717) is 18.7 Å². The zero-order valence-corrected chi connectivity index (χ0v) is 11.6. The molecule has 1 aliphatic rings. The molecule has 0 aromatic heterocycles. The lowest BCUT2D eigenvalue weighted by Gasteiger charge is -2.26. The third-order valence-electron chi connectivity index (χ3n) is 3.71. The van der Waals surface area contributed by atoms with Gasteiger partial charge in [-0.15, -0.1) is 0 Å². The van der Waals surface area contributed by atoms with Gasteiger partial charge in [-0.3, -0.25) is 4.79 Å². The minimum Gasteiger partial charge on any atom is -0.335 e. The lowest BCUT2D eigenvalue weighted by Crippen LogP contribution is -2.34. The number of nitrogens with zero attached hydrogens (tertiary/aromatic N) is 1. The predicted molar refractivity (Wildman–Crippen MR) is 81.3 cm³/mol. The fraction of sp³-hybridized carbons (Fsp3) is 0.167. The molecule has 2 aromatic rings. The van der Waals surface area contributed by atoms with Gasteiger partial charge in [0, 0.05) is 18.7 Å². The highest BCUT2D eigenvalue weighted by Crippen LogP contribution is 2.23. The molecule has 2 nitrogen and oxygen atoms in total. The predicted octanol–water partition coefficient (Wildman–Crippen LogP) is 3.76. The second kappa shape index (κ2) is 5.92. The van der Waals surface area contributed by atoms with Crippen LogP contribution >= 0.6 is 0 Å². The highest BCUT2D eigenvalue weighted by Gasteiger charge is 2.19. The molecule has 0 saturated carbocycles. The number of amides is 1. The molecule has 3 heteroatoms. The van der Waals surface area contributed by atoms with Crippen molar-refractivity contribution >= 4 is 11.5 Å². The number of carbonyl (C=O) groups excluding carboxylic acids is 1. The summed E-state index contributed by atoms with van der Waals surface area (Å²) in [5.74, 6) is -0.490. The summed E-state index contributed by atoms with van der Waals surface area (Å²) < 4.78 is 13.2. The van der Waals surface area contributed by atoms with E-state index in [1.807, 2.05) is 18.2 Å². The maximum atomic E-state index is 13.2. The van der Waals surface area contributed by atoms with Crippen LogP contribution in [0.3, 0.4) is 0 Å². The summed E-state index contributed by atoms with van der Waals surface area (Å²) in [7, 11) is 0. The molecule has 0 fully saturated rings. The quantitative estimate of drug-likeness (QED) is 0.821. The van der Waals surface area contributed by atoms with Crippen LogP contribution < -0.4 is 0 Å². The molecule has 0 saturated heterocycles. The van der Waals surface area contributed by atoms with E-state index in [1.165, 1.54) is 23.3 Å². The third-order valence-corrected chi connectivity index (χ3v) is 3.71. The molecule has 1 aliphatic heterocycles. The van der Waals surface area contributed by atoms with Gasteiger partial charge in [-0.05, 0) is 35.8 Å². The normalized spacial score (nSPS) is 14.7. The van der Waals surface area contributed by atoms with Gasteiger partial charge in [0.15, 0.2) is 0 Å². The zero-order chi connectivity index (χ0) is 14.7. The van der Waals surface area contributed by atoms with Crippen molar-refractivity contribution < 1.29 is 9.18 Å². The van der Waals surface area contributed by atoms with E-state index in [9.17, 15) is 9.18 Å². The van der Waals surface area contributed by atoms with Crippen molar-refractivity contribution in [2.75, 3.05) is 13.1 Å². The molecule has 0 spiro atoms. The Morgan fingerprint density at radius 1 is 1.05 bits per heavy atom. The second-order valence-electron chi connectivity index (χ2n) is 5.11. The Morgan fingerprint density at radius 2 is 1.86 bits per heavy atom. The number of benzene rings is 2. The smallest absolute Gasteiger partial charge is 0.254 e. The summed E-state index contributed by atoms with van der Waals surface area (Å²) in [6.45, 7) is 1.23. The van der Waals surface area contributed by atoms with Gasteiger partial charge in [-0.25, -0.2) is 4.39 Å². The van der Waals surface area contributed by atoms with Gasteiger partial charge in [0.25, 0.3) is 5.91 Å². The number of halogens is 1. The molecule has 0 N–H and O–H groups in total. The lowest BCUT2D eigenvalue weighted by molar-refractivity contribution is 0.0772. The first kappa shape index (κ1) is 13.6. The van der Waals surface area contributed by atoms with Crippen LogP contribution in [0.1, 0.15) is 22.3 Å². The van der Waals surface area contributed by atoms with Crippen LogP contribution in [0.5, 0.6) is 0 Å². The minimum absolute atomic E-state index is 0.113. The van der Waals surface area contributed by atoms with E-state index in [2.05, 4.69) is 18.2 Å². The molecular weight excluding hydrogens is 265 g/mol. The number of rotatable bonds is 2. The van der Waals surface area contributed by atoms with Gasteiger partial charge in [0.1, 0.15) is 5.82 Å². The van der Waals surface area contributed by atoms with E-state index in [4.69, 9.17) is 0 Å². The van der Waals surface area contributed by atoms with Gasteiger partial charge in [0.2, 0.25) is 0 Å². The van der Waals surface area contributed by atoms with Crippen molar-refractivity contribution in [3.8, 4) is 0 Å². The first-order valence-corrected chi connectivity index (χ1v) is 7.03. The third kappa shape index (κ3) is 3.02. The van der Waals surface area contributed by atoms with Crippen molar-refractivity contribution in [1.82, 2.24) is 4.90 Å². The van der Waals surface area contributed by atoms with Crippen molar-refractivity contribution in [2.24, 2.45) is 0 Å². The van der Waals surface area contributed by atoms with Crippen LogP contribution in [0.4, 0.5) is 4.39 Å². The van der Waals surface area contributed by atoms with E-state index in [1.54, 1.807) is 17.0 Å². The highest BCUT2D eigenvalue weighted by molar-refractivity contribution is 5.94. The van der Waals surface area contributed by atoms with Gasteiger partial charge < -0.3 is 4.90 Å². The molecule has 0 aliphatic carbocycles. The summed E-state index contributed by atoms with van der Waals surface area (Å²) in [6.07, 6.45) is 2.90. The van der Waals surface area contributed by atoms with E-state index in [-0.39, 0.29) is 11.7 Å². The first-order chi connectivity index (χ1) is 10.2. The van der Waals surface area contributed by atoms with E-state index < -0.39 is 0 Å². The fourth-order valence-electron chi connectivity index (χ4n) is 2.57. The van der Waals surface area contributed by atoms with Crippen molar-refractivity contribution in [3.05, 3.63) is 77.6 Å². The molecule has 1 amide bonds. The van der Waals surface area contributed by atoms with Crippen LogP contribution in [0.25, 0.3) is 5.57 Å². The Morgan fingerprint density at radius 3 is 2.52 bits per heavy atom. The summed E-state index contributed by atoms with van der Waals surface area (Å²) in [6, 6.07) is 16.0. The summed E-state index contributed by atoms with van der Waals surface area (Å²) in [5.41, 5.74) is 2.88. The highest BCUT2D eigenvalue weighted by atomic mass is 19.1. The molecule has 2 aromatic carbocycles. The van der Waals surface area contributed by atoms with Crippen LogP contribution in [-0.4, -0.2) is 23.9 Å². The van der Waals surface area contributed by atoms with Crippen LogP contribution in [0, 0.1) is 5.82 Å². The Bertz CT molecular complexity index is 679. The van der Waals surface area contributed by atoms with Gasteiger partial charge in [0.05, 0.1) is 0 Å². The summed E-state index contributed by atoms with van der Waals surface area (Å²) in [5, 5.41) is 0. The van der Waals surface area contributed by atoms with Crippen molar-refractivity contribution in [3.63, 3.8) is 0 Å². The maximum absolute atomic E-state index is 13.2. The summed E-state index contributed by atoms with van der Waals surface area (Å²) >= 11 is 0. The zero-order valence-electron chi connectivity index (χ0n) is 11.6. The largest absolute Gasteiger partial charge is 0.335 e. The minimum atomic E-state index is -0.377. The van der Waals surface area contributed by atoms with Crippen LogP contribution in [0.2, 0.25) is 0 Å². The Balaban J connectivity index is 1.73. The number of hydrogen-bond acceptors (Lipinski definition) is 1. The lowest BCUT2D eigenvalue weighted by atomic mass is 9.99. The standard InChI is InChI=1S/C18H16FNO/c19-17-8-4-7-16(13-17)18(21)20-11-9-15(10-12-20)14-5-2-1-3-6-14/h1-9,13H,10-12H2. The average molecular weight is 281 g/mol. The molecule has 0 atom stereocenters. The molecule has 0 unspecified atom stereocenters. The monoisotopic (exact) mass is 281 g/mol. The molecular formula is C18H16FNO. The molecule has 0 bridgehead atoms. The number of hydrogen-bond donors (Lipinski definition) is 0. The molecule has 106 valence electrons. The number of carbonyl (C=O) groups is 1. The Kier molecular flexibility index (Phi) is 3.82. The Labute approximate surface area is 123 Å².